The second kappa shape index (κ2) is 5.67. The highest BCUT2D eigenvalue weighted by Gasteiger charge is 2.01. The fourth-order valence-electron chi connectivity index (χ4n) is 2.13. The van der Waals surface area contributed by atoms with Gasteiger partial charge in [-0.2, -0.15) is 0 Å². The van der Waals surface area contributed by atoms with Crippen LogP contribution < -0.4 is 10.4 Å². The maximum Gasteiger partial charge on any atom is 0.344 e. The lowest BCUT2D eigenvalue weighted by Gasteiger charge is -2.00. The summed E-state index contributed by atoms with van der Waals surface area (Å²) in [4.78, 5) is 11.9. The minimum absolute atomic E-state index is 0.317. The van der Waals surface area contributed by atoms with Gasteiger partial charge in [-0.15, -0.1) is 0 Å². The molecule has 0 unspecified atom stereocenters. The van der Waals surface area contributed by atoms with Crippen LogP contribution in [0.2, 0.25) is 0 Å². The Balaban J connectivity index is 1.93. The number of hydrogen-bond acceptors (Lipinski definition) is 3. The van der Waals surface area contributed by atoms with E-state index in [9.17, 15) is 4.79 Å². The van der Waals surface area contributed by atoms with E-state index in [1.54, 1.807) is 19.3 Å². The molecule has 1 heterocycles. The molecule has 0 bridgehead atoms. The fourth-order valence-corrected chi connectivity index (χ4v) is 2.13. The van der Waals surface area contributed by atoms with Gasteiger partial charge in [-0.3, -0.25) is 0 Å². The van der Waals surface area contributed by atoms with Gasteiger partial charge in [0.05, 0.1) is 12.5 Å². The first-order valence-corrected chi connectivity index (χ1v) is 6.61. The molecule has 0 N–H and O–H groups in total. The zero-order valence-corrected chi connectivity index (χ0v) is 11.6. The van der Waals surface area contributed by atoms with E-state index in [0.717, 1.165) is 16.7 Å². The first kappa shape index (κ1) is 13.2. The molecule has 0 saturated heterocycles. The Hall–Kier alpha value is -2.81. The van der Waals surface area contributed by atoms with Crippen molar-refractivity contribution in [2.24, 2.45) is 0 Å². The summed E-state index contributed by atoms with van der Waals surface area (Å²) < 4.78 is 10.4. The Morgan fingerprint density at radius 3 is 2.52 bits per heavy atom. The normalized spacial score (nSPS) is 11.1. The van der Waals surface area contributed by atoms with Gasteiger partial charge in [0.15, 0.2) is 0 Å². The SMILES string of the molecule is COc1ccc(/C=C/c2cc3ccccc3c(=O)o2)cc1. The zero-order chi connectivity index (χ0) is 14.7. The number of hydrogen-bond donors (Lipinski definition) is 0. The third kappa shape index (κ3) is 2.87. The van der Waals surface area contributed by atoms with Gasteiger partial charge in [0.1, 0.15) is 11.5 Å². The van der Waals surface area contributed by atoms with Crippen molar-refractivity contribution in [1.29, 1.82) is 0 Å². The molecule has 2 aromatic carbocycles. The van der Waals surface area contributed by atoms with Crippen molar-refractivity contribution in [3.8, 4) is 5.75 Å². The molecule has 1 aromatic heterocycles. The lowest BCUT2D eigenvalue weighted by molar-refractivity contribution is 0.415. The summed E-state index contributed by atoms with van der Waals surface area (Å²) in [5.74, 6) is 1.35. The Labute approximate surface area is 122 Å². The zero-order valence-electron chi connectivity index (χ0n) is 11.6. The maximum absolute atomic E-state index is 11.9. The quantitative estimate of drug-likeness (QED) is 0.727. The predicted molar refractivity (Wildman–Crippen MR) is 84.4 cm³/mol. The average molecular weight is 278 g/mol. The van der Waals surface area contributed by atoms with Crippen LogP contribution in [0.25, 0.3) is 22.9 Å². The van der Waals surface area contributed by atoms with E-state index < -0.39 is 0 Å². The maximum atomic E-state index is 11.9. The van der Waals surface area contributed by atoms with Crippen molar-refractivity contribution >= 4 is 22.9 Å². The van der Waals surface area contributed by atoms with Crippen LogP contribution in [0.15, 0.2) is 63.8 Å². The monoisotopic (exact) mass is 278 g/mol. The summed E-state index contributed by atoms with van der Waals surface area (Å²) >= 11 is 0. The molecule has 0 aliphatic heterocycles. The highest BCUT2D eigenvalue weighted by Crippen LogP contribution is 2.16. The second-order valence-corrected chi connectivity index (χ2v) is 4.63. The van der Waals surface area contributed by atoms with Gasteiger partial charge in [0.2, 0.25) is 0 Å². The summed E-state index contributed by atoms with van der Waals surface area (Å²) in [6.45, 7) is 0. The molecule has 3 aromatic rings. The van der Waals surface area contributed by atoms with E-state index in [1.807, 2.05) is 54.6 Å². The summed E-state index contributed by atoms with van der Waals surface area (Å²) in [7, 11) is 1.63. The largest absolute Gasteiger partial charge is 0.497 e. The van der Waals surface area contributed by atoms with Gasteiger partial charge >= 0.3 is 5.63 Å². The van der Waals surface area contributed by atoms with Crippen LogP contribution in [0.1, 0.15) is 11.3 Å². The summed E-state index contributed by atoms with van der Waals surface area (Å²) in [5.41, 5.74) is 0.689. The third-order valence-electron chi connectivity index (χ3n) is 3.24. The van der Waals surface area contributed by atoms with E-state index in [4.69, 9.17) is 9.15 Å². The topological polar surface area (TPSA) is 39.4 Å². The van der Waals surface area contributed by atoms with Crippen LogP contribution in [0.3, 0.4) is 0 Å². The molecule has 0 spiro atoms. The number of ether oxygens (including phenoxy) is 1. The Bertz CT molecular complexity index is 842. The van der Waals surface area contributed by atoms with Gasteiger partial charge in [0, 0.05) is 0 Å². The molecule has 0 atom stereocenters. The molecule has 0 radical (unpaired) electrons. The molecule has 0 aliphatic carbocycles. The molecule has 104 valence electrons. The summed E-state index contributed by atoms with van der Waals surface area (Å²) in [6, 6.07) is 16.9. The summed E-state index contributed by atoms with van der Waals surface area (Å²) in [5, 5.41) is 1.47. The lowest BCUT2D eigenvalue weighted by Crippen LogP contribution is -1.99. The third-order valence-corrected chi connectivity index (χ3v) is 3.24. The lowest BCUT2D eigenvalue weighted by atomic mass is 10.1. The minimum Gasteiger partial charge on any atom is -0.497 e. The Kier molecular flexibility index (Phi) is 3.56. The second-order valence-electron chi connectivity index (χ2n) is 4.63. The van der Waals surface area contributed by atoms with Gasteiger partial charge in [0.25, 0.3) is 0 Å². The predicted octanol–water partition coefficient (Wildman–Crippen LogP) is 3.97. The first-order valence-electron chi connectivity index (χ1n) is 6.61. The van der Waals surface area contributed by atoms with Crippen LogP contribution in [0, 0.1) is 0 Å². The van der Waals surface area contributed by atoms with Crippen molar-refractivity contribution in [3.63, 3.8) is 0 Å². The molecular weight excluding hydrogens is 264 g/mol. The molecule has 3 nitrogen and oxygen atoms in total. The molecular formula is C18H14O3. The van der Waals surface area contributed by atoms with E-state index in [1.165, 1.54) is 0 Å². The van der Waals surface area contributed by atoms with Crippen molar-refractivity contribution in [2.45, 2.75) is 0 Å². The standard InChI is InChI=1S/C18H14O3/c1-20-15-9-6-13(7-10-15)8-11-16-12-14-4-2-3-5-17(14)18(19)21-16/h2-12H,1H3/b11-8+. The van der Waals surface area contributed by atoms with Crippen molar-refractivity contribution < 1.29 is 9.15 Å². The van der Waals surface area contributed by atoms with Crippen molar-refractivity contribution in [2.75, 3.05) is 7.11 Å². The van der Waals surface area contributed by atoms with Gasteiger partial charge in [-0.25, -0.2) is 4.79 Å². The van der Waals surface area contributed by atoms with Crippen LogP contribution in [0.4, 0.5) is 0 Å². The van der Waals surface area contributed by atoms with Gasteiger partial charge in [-0.1, -0.05) is 36.4 Å². The van der Waals surface area contributed by atoms with Crippen LogP contribution in [-0.2, 0) is 0 Å². The molecule has 3 heteroatoms. The highest BCUT2D eigenvalue weighted by molar-refractivity contribution is 5.83. The first-order chi connectivity index (χ1) is 10.3. The van der Waals surface area contributed by atoms with Crippen LogP contribution in [0.5, 0.6) is 5.75 Å². The van der Waals surface area contributed by atoms with Gasteiger partial charge < -0.3 is 9.15 Å². The van der Waals surface area contributed by atoms with E-state index >= 15 is 0 Å². The number of fused-ring (bicyclic) bond motifs is 1. The smallest absolute Gasteiger partial charge is 0.344 e. The highest BCUT2D eigenvalue weighted by atomic mass is 16.5. The molecule has 0 fully saturated rings. The Morgan fingerprint density at radius 1 is 1.00 bits per heavy atom. The minimum atomic E-state index is -0.317. The molecule has 0 saturated carbocycles. The molecule has 3 rings (SSSR count). The van der Waals surface area contributed by atoms with E-state index in [-0.39, 0.29) is 5.63 Å². The number of rotatable bonds is 3. The molecule has 0 aliphatic rings. The molecule has 21 heavy (non-hydrogen) atoms. The van der Waals surface area contributed by atoms with E-state index in [2.05, 4.69) is 0 Å². The van der Waals surface area contributed by atoms with Crippen molar-refractivity contribution in [3.05, 3.63) is 76.3 Å². The van der Waals surface area contributed by atoms with Gasteiger partial charge in [-0.05, 0) is 41.3 Å². The number of benzene rings is 2. The average Bonchev–Trinajstić information content (AvgIpc) is 2.53. The molecule has 0 amide bonds. The van der Waals surface area contributed by atoms with Crippen LogP contribution >= 0.6 is 0 Å². The Morgan fingerprint density at radius 2 is 1.76 bits per heavy atom. The van der Waals surface area contributed by atoms with E-state index in [0.29, 0.717) is 11.1 Å². The number of methoxy groups -OCH3 is 1. The fraction of sp³-hybridized carbons (Fsp3) is 0.0556. The van der Waals surface area contributed by atoms with Crippen molar-refractivity contribution in [1.82, 2.24) is 0 Å². The van der Waals surface area contributed by atoms with Crippen LogP contribution in [-0.4, -0.2) is 7.11 Å². The summed E-state index contributed by atoms with van der Waals surface area (Å²) in [6.07, 6.45) is 3.68.